The second-order valence-corrected chi connectivity index (χ2v) is 4.93. The maximum absolute atomic E-state index is 12.0. The first-order valence-electron chi connectivity index (χ1n) is 5.45. The molecule has 0 aliphatic carbocycles. The van der Waals surface area contributed by atoms with Crippen LogP contribution in [0.2, 0.25) is 0 Å². The summed E-state index contributed by atoms with van der Waals surface area (Å²) in [5, 5.41) is 0. The second-order valence-electron chi connectivity index (χ2n) is 4.93. The summed E-state index contributed by atoms with van der Waals surface area (Å²) >= 11 is 0. The highest BCUT2D eigenvalue weighted by Gasteiger charge is 2.44. The lowest BCUT2D eigenvalue weighted by Crippen LogP contribution is -2.32. The van der Waals surface area contributed by atoms with Gasteiger partial charge in [-0.3, -0.25) is 19.5 Å². The van der Waals surface area contributed by atoms with Crippen LogP contribution < -0.4 is 5.73 Å². The summed E-state index contributed by atoms with van der Waals surface area (Å²) in [7, 11) is 0. The zero-order valence-corrected chi connectivity index (χ0v) is 9.93. The summed E-state index contributed by atoms with van der Waals surface area (Å²) in [5.74, 6) is -0.295. The van der Waals surface area contributed by atoms with Crippen LogP contribution in [0.5, 0.6) is 0 Å². The monoisotopic (exact) mass is 233 g/mol. The van der Waals surface area contributed by atoms with Crippen LogP contribution >= 0.6 is 0 Å². The molecule has 1 aliphatic heterocycles. The van der Waals surface area contributed by atoms with Gasteiger partial charge >= 0.3 is 0 Å². The van der Waals surface area contributed by atoms with Crippen LogP contribution in [-0.2, 0) is 16.1 Å². The number of rotatable bonds is 2. The smallest absolute Gasteiger partial charge is 0.235 e. The summed E-state index contributed by atoms with van der Waals surface area (Å²) in [4.78, 5) is 29.1. The van der Waals surface area contributed by atoms with Gasteiger partial charge in [0.1, 0.15) is 0 Å². The summed E-state index contributed by atoms with van der Waals surface area (Å²) in [5.41, 5.74) is 6.23. The van der Waals surface area contributed by atoms with E-state index in [2.05, 4.69) is 4.98 Å². The molecule has 17 heavy (non-hydrogen) atoms. The van der Waals surface area contributed by atoms with Gasteiger partial charge < -0.3 is 5.73 Å². The lowest BCUT2D eigenvalue weighted by molar-refractivity contribution is -0.141. The number of anilines is 1. The minimum atomic E-state index is -0.600. The Morgan fingerprint density at radius 3 is 2.71 bits per heavy atom. The molecule has 0 radical (unpaired) electrons. The number of carbonyl (C=O) groups excluding carboxylic acids is 2. The summed E-state index contributed by atoms with van der Waals surface area (Å²) in [6.45, 7) is 3.76. The number of likely N-dealkylation sites (tertiary alicyclic amines) is 1. The summed E-state index contributed by atoms with van der Waals surface area (Å²) in [6, 6.07) is 3.34. The third-order valence-corrected chi connectivity index (χ3v) is 2.88. The Morgan fingerprint density at radius 2 is 2.18 bits per heavy atom. The van der Waals surface area contributed by atoms with Gasteiger partial charge in [0.05, 0.1) is 17.7 Å². The summed E-state index contributed by atoms with van der Waals surface area (Å²) < 4.78 is 0. The van der Waals surface area contributed by atoms with Crippen LogP contribution in [0.1, 0.15) is 26.0 Å². The maximum atomic E-state index is 12.0. The number of amides is 2. The van der Waals surface area contributed by atoms with Crippen molar-refractivity contribution in [3.8, 4) is 0 Å². The average molecular weight is 233 g/mol. The predicted octanol–water partition coefficient (Wildman–Crippen LogP) is 0.949. The van der Waals surface area contributed by atoms with E-state index in [-0.39, 0.29) is 24.8 Å². The quantitative estimate of drug-likeness (QED) is 0.771. The molecule has 5 nitrogen and oxygen atoms in total. The molecule has 0 unspecified atom stereocenters. The molecule has 0 atom stereocenters. The molecule has 2 N–H and O–H groups in total. The van der Waals surface area contributed by atoms with Crippen molar-refractivity contribution in [3.05, 3.63) is 24.0 Å². The van der Waals surface area contributed by atoms with Gasteiger partial charge in [-0.15, -0.1) is 0 Å². The number of hydrogen-bond acceptors (Lipinski definition) is 4. The molecule has 1 aromatic heterocycles. The number of carbonyl (C=O) groups is 2. The van der Waals surface area contributed by atoms with Crippen molar-refractivity contribution in [2.45, 2.75) is 26.8 Å². The minimum Gasteiger partial charge on any atom is -0.399 e. The van der Waals surface area contributed by atoms with Gasteiger partial charge in [-0.2, -0.15) is 0 Å². The normalized spacial score (nSPS) is 18.8. The van der Waals surface area contributed by atoms with Gasteiger partial charge in [-0.25, -0.2) is 0 Å². The molecule has 2 rings (SSSR count). The lowest BCUT2D eigenvalue weighted by atomic mass is 9.92. The molecular formula is C12H15N3O2. The fourth-order valence-corrected chi connectivity index (χ4v) is 1.93. The first-order valence-corrected chi connectivity index (χ1v) is 5.45. The minimum absolute atomic E-state index is 0.147. The van der Waals surface area contributed by atoms with Crippen LogP contribution in [0.15, 0.2) is 18.3 Å². The van der Waals surface area contributed by atoms with E-state index in [1.54, 1.807) is 32.2 Å². The number of nitrogens with two attached hydrogens (primary N) is 1. The van der Waals surface area contributed by atoms with Crippen LogP contribution in [-0.4, -0.2) is 21.7 Å². The highest BCUT2D eigenvalue weighted by atomic mass is 16.2. The van der Waals surface area contributed by atoms with Crippen molar-refractivity contribution in [3.63, 3.8) is 0 Å². The fourth-order valence-electron chi connectivity index (χ4n) is 1.93. The standard InChI is InChI=1S/C12H15N3O2/c1-12(2)6-10(16)15(11(12)17)7-9-5-8(13)3-4-14-9/h3-5H,6-7H2,1-2H3,(H2,13,14). The number of hydrogen-bond donors (Lipinski definition) is 1. The third kappa shape index (κ3) is 2.13. The third-order valence-electron chi connectivity index (χ3n) is 2.88. The van der Waals surface area contributed by atoms with E-state index in [4.69, 9.17) is 5.73 Å². The van der Waals surface area contributed by atoms with Gasteiger partial charge in [0.2, 0.25) is 11.8 Å². The molecule has 2 heterocycles. The van der Waals surface area contributed by atoms with E-state index in [1.165, 1.54) is 4.90 Å². The van der Waals surface area contributed by atoms with Crippen molar-refractivity contribution in [1.82, 2.24) is 9.88 Å². The van der Waals surface area contributed by atoms with E-state index in [1.807, 2.05) is 0 Å². The number of pyridine rings is 1. The molecule has 1 aliphatic rings. The Labute approximate surface area is 99.6 Å². The largest absolute Gasteiger partial charge is 0.399 e. The fraction of sp³-hybridized carbons (Fsp3) is 0.417. The van der Waals surface area contributed by atoms with Gasteiger partial charge in [0, 0.05) is 18.3 Å². The number of nitrogen functional groups attached to an aromatic ring is 1. The second kappa shape index (κ2) is 3.84. The Kier molecular flexibility index (Phi) is 2.61. The zero-order valence-electron chi connectivity index (χ0n) is 9.93. The van der Waals surface area contributed by atoms with Crippen LogP contribution in [0.3, 0.4) is 0 Å². The first-order chi connectivity index (χ1) is 7.90. The molecule has 0 aromatic carbocycles. The van der Waals surface area contributed by atoms with Crippen molar-refractivity contribution in [1.29, 1.82) is 0 Å². The van der Waals surface area contributed by atoms with E-state index in [0.717, 1.165) is 0 Å². The maximum Gasteiger partial charge on any atom is 0.235 e. The molecule has 0 saturated carbocycles. The lowest BCUT2D eigenvalue weighted by Gasteiger charge is -2.17. The Hall–Kier alpha value is -1.91. The Morgan fingerprint density at radius 1 is 1.47 bits per heavy atom. The van der Waals surface area contributed by atoms with Crippen LogP contribution in [0.4, 0.5) is 5.69 Å². The first kappa shape index (κ1) is 11.6. The summed E-state index contributed by atoms with van der Waals surface area (Å²) in [6.07, 6.45) is 1.83. The zero-order chi connectivity index (χ0) is 12.6. The molecule has 5 heteroatoms. The van der Waals surface area contributed by atoms with E-state index < -0.39 is 5.41 Å². The SMILES string of the molecule is CC1(C)CC(=O)N(Cc2cc(N)ccn2)C1=O. The van der Waals surface area contributed by atoms with Crippen LogP contribution in [0, 0.1) is 5.41 Å². The molecule has 90 valence electrons. The van der Waals surface area contributed by atoms with E-state index >= 15 is 0 Å². The van der Waals surface area contributed by atoms with E-state index in [9.17, 15) is 9.59 Å². The van der Waals surface area contributed by atoms with Crippen molar-refractivity contribution in [2.24, 2.45) is 5.41 Å². The molecule has 1 saturated heterocycles. The van der Waals surface area contributed by atoms with Crippen molar-refractivity contribution < 1.29 is 9.59 Å². The molecular weight excluding hydrogens is 218 g/mol. The van der Waals surface area contributed by atoms with Crippen molar-refractivity contribution in [2.75, 3.05) is 5.73 Å². The Bertz CT molecular complexity index is 482. The van der Waals surface area contributed by atoms with Gasteiger partial charge in [0.25, 0.3) is 0 Å². The molecule has 0 bridgehead atoms. The number of imide groups is 1. The highest BCUT2D eigenvalue weighted by Crippen LogP contribution is 2.32. The molecule has 0 spiro atoms. The number of nitrogens with zero attached hydrogens (tertiary/aromatic N) is 2. The molecule has 1 fully saturated rings. The highest BCUT2D eigenvalue weighted by molar-refractivity contribution is 6.05. The Balaban J connectivity index is 2.20. The number of aromatic nitrogens is 1. The van der Waals surface area contributed by atoms with Crippen molar-refractivity contribution >= 4 is 17.5 Å². The van der Waals surface area contributed by atoms with E-state index in [0.29, 0.717) is 11.4 Å². The topological polar surface area (TPSA) is 76.3 Å². The average Bonchev–Trinajstić information content (AvgIpc) is 2.41. The van der Waals surface area contributed by atoms with Gasteiger partial charge in [-0.1, -0.05) is 13.8 Å². The molecule has 1 aromatic rings. The predicted molar refractivity (Wildman–Crippen MR) is 62.6 cm³/mol. The van der Waals surface area contributed by atoms with Crippen LogP contribution in [0.25, 0.3) is 0 Å². The van der Waals surface area contributed by atoms with Gasteiger partial charge in [-0.05, 0) is 12.1 Å². The molecule has 2 amide bonds. The van der Waals surface area contributed by atoms with Gasteiger partial charge in [0.15, 0.2) is 0 Å².